The number of methoxy groups -OCH3 is 1. The molecule has 1 aliphatic rings. The van der Waals surface area contributed by atoms with Crippen LogP contribution in [0.25, 0.3) is 0 Å². The van der Waals surface area contributed by atoms with E-state index in [1.54, 1.807) is 18.2 Å². The van der Waals surface area contributed by atoms with Crippen LogP contribution in [0.15, 0.2) is 71.4 Å². The summed E-state index contributed by atoms with van der Waals surface area (Å²) in [5.74, 6) is 0.444. The van der Waals surface area contributed by atoms with Gasteiger partial charge in [-0.05, 0) is 43.4 Å². The van der Waals surface area contributed by atoms with Crippen molar-refractivity contribution >= 4 is 21.9 Å². The number of hydrogen-bond donors (Lipinski definition) is 3. The summed E-state index contributed by atoms with van der Waals surface area (Å²) in [5.41, 5.74) is 1.30. The number of carbonyl (C=O) groups is 1. The lowest BCUT2D eigenvalue weighted by Gasteiger charge is -2.41. The Hall–Kier alpha value is -3.37. The third-order valence-corrected chi connectivity index (χ3v) is 7.39. The van der Waals surface area contributed by atoms with E-state index in [-0.39, 0.29) is 23.2 Å². The third-order valence-electron chi connectivity index (χ3n) is 6.27. The predicted molar refractivity (Wildman–Crippen MR) is 128 cm³/mol. The molecule has 4 rings (SSSR count). The minimum absolute atomic E-state index is 0.126. The zero-order valence-corrected chi connectivity index (χ0v) is 19.7. The zero-order valence-electron chi connectivity index (χ0n) is 18.9. The molecule has 2 aromatic carbocycles. The number of nitrogens with one attached hydrogen (secondary N) is 3. The number of aromatic nitrogens is 1. The van der Waals surface area contributed by atoms with Gasteiger partial charge in [-0.15, -0.1) is 0 Å². The second-order valence-electron chi connectivity index (χ2n) is 8.41. The van der Waals surface area contributed by atoms with Crippen LogP contribution >= 0.6 is 0 Å². The molecule has 0 atom stereocenters. The van der Waals surface area contributed by atoms with Crippen LogP contribution in [0.4, 0.5) is 5.82 Å². The maximum Gasteiger partial charge on any atom is 0.300 e. The number of para-hydroxylation sites is 1. The molecule has 0 unspecified atom stereocenters. The van der Waals surface area contributed by atoms with E-state index < -0.39 is 10.2 Å². The maximum absolute atomic E-state index is 12.9. The number of anilines is 1. The number of benzene rings is 2. The van der Waals surface area contributed by atoms with Gasteiger partial charge in [-0.1, -0.05) is 47.6 Å². The summed E-state index contributed by atoms with van der Waals surface area (Å²) in [6, 6.07) is 18.4. The lowest BCUT2D eigenvalue weighted by Crippen LogP contribution is -2.48. The molecule has 1 aromatic heterocycles. The van der Waals surface area contributed by atoms with Gasteiger partial charge in [-0.3, -0.25) is 9.52 Å². The van der Waals surface area contributed by atoms with Crippen LogP contribution in [-0.4, -0.2) is 39.2 Å². The van der Waals surface area contributed by atoms with Crippen molar-refractivity contribution in [3.63, 3.8) is 0 Å². The van der Waals surface area contributed by atoms with E-state index in [1.165, 1.54) is 19.4 Å². The van der Waals surface area contributed by atoms with Crippen molar-refractivity contribution in [3.05, 3.63) is 78.1 Å². The Morgan fingerprint density at radius 2 is 1.79 bits per heavy atom. The first-order valence-corrected chi connectivity index (χ1v) is 12.6. The first-order chi connectivity index (χ1) is 16.4. The Morgan fingerprint density at radius 1 is 1.09 bits per heavy atom. The summed E-state index contributed by atoms with van der Waals surface area (Å²) in [5, 5.41) is 6.67. The summed E-state index contributed by atoms with van der Waals surface area (Å²) >= 11 is 0. The molecule has 1 aliphatic carbocycles. The van der Waals surface area contributed by atoms with Crippen LogP contribution in [0, 0.1) is 0 Å². The van der Waals surface area contributed by atoms with E-state index in [9.17, 15) is 13.2 Å². The summed E-state index contributed by atoms with van der Waals surface area (Å²) < 4.78 is 40.0. The Balaban J connectivity index is 1.45. The molecule has 180 valence electrons. The van der Waals surface area contributed by atoms with Gasteiger partial charge in [0.15, 0.2) is 5.82 Å². The van der Waals surface area contributed by atoms with E-state index in [0.717, 1.165) is 5.56 Å². The normalized spacial score (nSPS) is 20.4. The van der Waals surface area contributed by atoms with Gasteiger partial charge in [0.1, 0.15) is 12.0 Å². The zero-order chi connectivity index (χ0) is 24.0. The molecule has 1 saturated carbocycles. The van der Waals surface area contributed by atoms with E-state index in [4.69, 9.17) is 4.74 Å². The molecule has 0 spiro atoms. The van der Waals surface area contributed by atoms with Crippen molar-refractivity contribution in [3.8, 4) is 5.75 Å². The average molecular weight is 485 g/mol. The molecule has 0 aliphatic heterocycles. The van der Waals surface area contributed by atoms with Crippen molar-refractivity contribution < 1.29 is 22.5 Å². The molecule has 34 heavy (non-hydrogen) atoms. The second kappa shape index (κ2) is 10.3. The standard InChI is InChI=1S/C24H28N4O5S/c1-32-21-10-6-5-9-20(21)23(29)25-17-24(18-7-3-2-4-8-18)14-11-19(12-15-24)27-34(30,31)28-22-13-16-33-26-22/h2-10,13,16,19,27H,11-12,14-15,17H2,1H3,(H,25,29)(H,26,28). The molecule has 1 heterocycles. The van der Waals surface area contributed by atoms with Crippen molar-refractivity contribution in [1.82, 2.24) is 15.2 Å². The summed E-state index contributed by atoms with van der Waals surface area (Å²) in [6.07, 6.45) is 3.96. The van der Waals surface area contributed by atoms with Gasteiger partial charge in [0.2, 0.25) is 0 Å². The Labute approximate surface area is 199 Å². The van der Waals surface area contributed by atoms with E-state index in [1.807, 2.05) is 24.3 Å². The monoisotopic (exact) mass is 484 g/mol. The maximum atomic E-state index is 12.9. The Bertz CT molecular complexity index is 1190. The lowest BCUT2D eigenvalue weighted by atomic mass is 9.68. The topological polar surface area (TPSA) is 123 Å². The van der Waals surface area contributed by atoms with Crippen LogP contribution in [0.5, 0.6) is 5.75 Å². The number of hydrogen-bond acceptors (Lipinski definition) is 6. The molecule has 1 fully saturated rings. The average Bonchev–Trinajstić information content (AvgIpc) is 3.36. The predicted octanol–water partition coefficient (Wildman–Crippen LogP) is 3.24. The molecule has 3 N–H and O–H groups in total. The minimum atomic E-state index is -3.78. The lowest BCUT2D eigenvalue weighted by molar-refractivity contribution is 0.0932. The van der Waals surface area contributed by atoms with Crippen molar-refractivity contribution in [2.45, 2.75) is 37.1 Å². The molecule has 10 heteroatoms. The molecule has 0 bridgehead atoms. The quantitative estimate of drug-likeness (QED) is 0.429. The number of ether oxygens (including phenoxy) is 1. The molecule has 3 aromatic rings. The number of amides is 1. The number of nitrogens with zero attached hydrogens (tertiary/aromatic N) is 1. The number of rotatable bonds is 9. The SMILES string of the molecule is COc1ccccc1C(=O)NCC1(c2ccccc2)CCC(NS(=O)(=O)Nc2ccon2)CC1. The molecular formula is C24H28N4O5S. The van der Waals surface area contributed by atoms with Crippen molar-refractivity contribution in [2.24, 2.45) is 0 Å². The Morgan fingerprint density at radius 3 is 2.47 bits per heavy atom. The van der Waals surface area contributed by atoms with Gasteiger partial charge < -0.3 is 14.6 Å². The molecular weight excluding hydrogens is 456 g/mol. The first kappa shape index (κ1) is 23.8. The summed E-state index contributed by atoms with van der Waals surface area (Å²) in [7, 11) is -2.24. The first-order valence-electron chi connectivity index (χ1n) is 11.1. The summed E-state index contributed by atoms with van der Waals surface area (Å²) in [4.78, 5) is 12.9. The molecule has 0 saturated heterocycles. The van der Waals surface area contributed by atoms with Crippen LogP contribution in [0.3, 0.4) is 0 Å². The van der Waals surface area contributed by atoms with Crippen LogP contribution in [-0.2, 0) is 15.6 Å². The van der Waals surface area contributed by atoms with Gasteiger partial charge in [0.05, 0.1) is 12.7 Å². The molecule has 0 radical (unpaired) electrons. The highest BCUT2D eigenvalue weighted by atomic mass is 32.2. The second-order valence-corrected chi connectivity index (χ2v) is 9.86. The minimum Gasteiger partial charge on any atom is -0.496 e. The highest BCUT2D eigenvalue weighted by molar-refractivity contribution is 7.90. The van der Waals surface area contributed by atoms with Gasteiger partial charge in [0.25, 0.3) is 5.91 Å². The highest BCUT2D eigenvalue weighted by Gasteiger charge is 2.38. The highest BCUT2D eigenvalue weighted by Crippen LogP contribution is 2.39. The van der Waals surface area contributed by atoms with E-state index in [0.29, 0.717) is 43.5 Å². The van der Waals surface area contributed by atoms with Crippen LogP contribution in [0.2, 0.25) is 0 Å². The fraction of sp³-hybridized carbons (Fsp3) is 0.333. The van der Waals surface area contributed by atoms with E-state index in [2.05, 4.69) is 36.6 Å². The fourth-order valence-electron chi connectivity index (χ4n) is 4.48. The van der Waals surface area contributed by atoms with E-state index >= 15 is 0 Å². The van der Waals surface area contributed by atoms with Gasteiger partial charge >= 0.3 is 10.2 Å². The van der Waals surface area contributed by atoms with Crippen LogP contribution < -0.4 is 19.5 Å². The van der Waals surface area contributed by atoms with Gasteiger partial charge in [-0.25, -0.2) is 0 Å². The third kappa shape index (κ3) is 5.57. The van der Waals surface area contributed by atoms with Gasteiger partial charge in [0, 0.05) is 24.1 Å². The van der Waals surface area contributed by atoms with Crippen LogP contribution in [0.1, 0.15) is 41.6 Å². The van der Waals surface area contributed by atoms with Crippen molar-refractivity contribution in [2.75, 3.05) is 18.4 Å². The van der Waals surface area contributed by atoms with Crippen molar-refractivity contribution in [1.29, 1.82) is 0 Å². The smallest absolute Gasteiger partial charge is 0.300 e. The number of carbonyl (C=O) groups excluding carboxylic acids is 1. The summed E-state index contributed by atoms with van der Waals surface area (Å²) in [6.45, 7) is 0.435. The molecule has 1 amide bonds. The fourth-order valence-corrected chi connectivity index (χ4v) is 5.59. The van der Waals surface area contributed by atoms with Gasteiger partial charge in [-0.2, -0.15) is 13.1 Å². The Kier molecular flexibility index (Phi) is 7.18. The largest absolute Gasteiger partial charge is 0.496 e. The molecule has 9 nitrogen and oxygen atoms in total.